The van der Waals surface area contributed by atoms with Crippen molar-refractivity contribution >= 4 is 6.03 Å². The Balaban J connectivity index is 1.40. The lowest BCUT2D eigenvalue weighted by Crippen LogP contribution is -2.51. The van der Waals surface area contributed by atoms with Crippen LogP contribution in [0.15, 0.2) is 53.3 Å². The summed E-state index contributed by atoms with van der Waals surface area (Å²) in [5.41, 5.74) is 0.747. The monoisotopic (exact) mass is 510 g/mol. The molecule has 11 heteroatoms. The van der Waals surface area contributed by atoms with E-state index in [2.05, 4.69) is 21.2 Å². The van der Waals surface area contributed by atoms with Crippen LogP contribution in [0.5, 0.6) is 0 Å². The summed E-state index contributed by atoms with van der Waals surface area (Å²) in [4.78, 5) is 25.5. The van der Waals surface area contributed by atoms with E-state index in [0.29, 0.717) is 62.7 Å². The van der Waals surface area contributed by atoms with Crippen LogP contribution < -0.4 is 0 Å². The molecule has 2 saturated heterocycles. The minimum Gasteiger partial charge on any atom is -0.339 e. The first-order valence-electron chi connectivity index (χ1n) is 12.2. The van der Waals surface area contributed by atoms with E-state index in [-0.39, 0.29) is 23.8 Å². The van der Waals surface area contributed by atoms with Crippen molar-refractivity contribution in [2.45, 2.75) is 37.3 Å². The second kappa shape index (κ2) is 10.2. The maximum absolute atomic E-state index is 13.5. The van der Waals surface area contributed by atoms with E-state index >= 15 is 0 Å². The van der Waals surface area contributed by atoms with Gasteiger partial charge in [-0.25, -0.2) is 4.79 Å². The van der Waals surface area contributed by atoms with Crippen LogP contribution in [0.4, 0.5) is 18.0 Å². The number of halogens is 3. The lowest BCUT2D eigenvalue weighted by atomic mass is 9.84. The second-order valence-electron chi connectivity index (χ2n) is 9.52. The van der Waals surface area contributed by atoms with Crippen molar-refractivity contribution in [2.75, 3.05) is 26.2 Å². The lowest BCUT2D eigenvalue weighted by molar-refractivity contribution is -0.137. The van der Waals surface area contributed by atoms with Gasteiger partial charge in [-0.2, -0.15) is 23.4 Å². The van der Waals surface area contributed by atoms with Crippen LogP contribution in [0.1, 0.15) is 48.1 Å². The van der Waals surface area contributed by atoms with Crippen molar-refractivity contribution in [3.05, 3.63) is 65.8 Å². The van der Waals surface area contributed by atoms with Crippen molar-refractivity contribution in [1.82, 2.24) is 24.9 Å². The smallest absolute Gasteiger partial charge is 0.339 e. The van der Waals surface area contributed by atoms with E-state index in [1.807, 2.05) is 0 Å². The minimum absolute atomic E-state index is 0.0527. The number of aromatic nitrogens is 3. The minimum atomic E-state index is -4.42. The molecular weight excluding hydrogens is 485 g/mol. The summed E-state index contributed by atoms with van der Waals surface area (Å²) >= 11 is 0. The van der Waals surface area contributed by atoms with E-state index in [9.17, 15) is 23.2 Å². The Kier molecular flexibility index (Phi) is 6.82. The van der Waals surface area contributed by atoms with Gasteiger partial charge in [0.1, 0.15) is 0 Å². The quantitative estimate of drug-likeness (QED) is 0.487. The molecule has 0 spiro atoms. The maximum Gasteiger partial charge on any atom is 0.416 e. The molecule has 2 amide bonds. The number of rotatable bonds is 3. The molecule has 37 heavy (non-hydrogen) atoms. The highest BCUT2D eigenvalue weighted by Gasteiger charge is 2.37. The van der Waals surface area contributed by atoms with E-state index < -0.39 is 11.7 Å². The third-order valence-electron chi connectivity index (χ3n) is 7.11. The van der Waals surface area contributed by atoms with Gasteiger partial charge in [0.05, 0.1) is 17.6 Å². The van der Waals surface area contributed by atoms with Crippen LogP contribution in [-0.2, 0) is 6.18 Å². The van der Waals surface area contributed by atoms with Gasteiger partial charge in [-0.1, -0.05) is 17.3 Å². The normalized spacial score (nSPS) is 21.0. The van der Waals surface area contributed by atoms with Gasteiger partial charge in [-0.05, 0) is 49.1 Å². The third-order valence-corrected chi connectivity index (χ3v) is 7.11. The Morgan fingerprint density at radius 3 is 2.32 bits per heavy atom. The molecule has 0 N–H and O–H groups in total. The van der Waals surface area contributed by atoms with Crippen molar-refractivity contribution < 1.29 is 22.5 Å². The number of nitrogens with zero attached hydrogens (tertiary/aromatic N) is 6. The number of urea groups is 1. The number of alkyl halides is 3. The number of amides is 2. The fourth-order valence-electron chi connectivity index (χ4n) is 5.04. The van der Waals surface area contributed by atoms with E-state index in [0.717, 1.165) is 17.7 Å². The number of nitriles is 1. The Bertz CT molecular complexity index is 1260. The summed E-state index contributed by atoms with van der Waals surface area (Å²) in [6.07, 6.45) is 0.633. The van der Waals surface area contributed by atoms with Crippen molar-refractivity contribution in [2.24, 2.45) is 5.92 Å². The van der Waals surface area contributed by atoms with Crippen LogP contribution in [-0.4, -0.2) is 57.1 Å². The van der Waals surface area contributed by atoms with E-state index in [4.69, 9.17) is 4.52 Å². The molecule has 2 atom stereocenters. The summed E-state index contributed by atoms with van der Waals surface area (Å²) in [7, 11) is 0. The Labute approximate surface area is 211 Å². The number of carbonyl (C=O) groups excluding carboxylic acids is 1. The molecule has 1 aromatic carbocycles. The van der Waals surface area contributed by atoms with Gasteiger partial charge < -0.3 is 14.3 Å². The summed E-state index contributed by atoms with van der Waals surface area (Å²) in [5.74, 6) is 0.237. The molecule has 8 nitrogen and oxygen atoms in total. The molecule has 192 valence electrons. The maximum atomic E-state index is 13.5. The summed E-state index contributed by atoms with van der Waals surface area (Å²) in [6.45, 7) is 1.71. The fraction of sp³-hybridized carbons (Fsp3) is 0.423. The molecule has 0 saturated carbocycles. The number of benzene rings is 1. The molecule has 0 aliphatic carbocycles. The van der Waals surface area contributed by atoms with Crippen LogP contribution in [0.2, 0.25) is 0 Å². The number of likely N-dealkylation sites (tertiary alicyclic amines) is 2. The number of hydrogen-bond donors (Lipinski definition) is 0. The van der Waals surface area contributed by atoms with Crippen LogP contribution in [0.3, 0.4) is 0 Å². The zero-order chi connectivity index (χ0) is 26.0. The molecule has 2 fully saturated rings. The van der Waals surface area contributed by atoms with Gasteiger partial charge in [0.2, 0.25) is 11.7 Å². The molecule has 4 heterocycles. The summed E-state index contributed by atoms with van der Waals surface area (Å²) in [5, 5.41) is 13.3. The highest BCUT2D eigenvalue weighted by molar-refractivity contribution is 5.75. The van der Waals surface area contributed by atoms with Crippen LogP contribution in [0.25, 0.3) is 11.4 Å². The molecule has 2 unspecified atom stereocenters. The molecule has 2 aliphatic rings. The van der Waals surface area contributed by atoms with Gasteiger partial charge in [0.15, 0.2) is 0 Å². The van der Waals surface area contributed by atoms with Crippen molar-refractivity contribution in [3.63, 3.8) is 0 Å². The van der Waals surface area contributed by atoms with Crippen LogP contribution >= 0.6 is 0 Å². The highest BCUT2D eigenvalue weighted by Crippen LogP contribution is 2.38. The third kappa shape index (κ3) is 5.43. The average molecular weight is 511 g/mol. The predicted octanol–water partition coefficient (Wildman–Crippen LogP) is 5.08. The number of pyridine rings is 1. The van der Waals surface area contributed by atoms with Gasteiger partial charge in [-0.3, -0.25) is 4.98 Å². The fourth-order valence-corrected chi connectivity index (χ4v) is 5.04. The molecule has 0 radical (unpaired) electrons. The SMILES string of the molecule is N#CC1CCN(C(=O)N2CC(c3ccc(C(F)(F)F)cc3)CC(c3nc(-c4ccncc4)no3)C2)CC1. The first kappa shape index (κ1) is 24.7. The van der Waals surface area contributed by atoms with Gasteiger partial charge in [0.25, 0.3) is 0 Å². The number of piperidine rings is 2. The predicted molar refractivity (Wildman–Crippen MR) is 126 cm³/mol. The number of carbonyl (C=O) groups is 1. The highest BCUT2D eigenvalue weighted by atomic mass is 19.4. The Hall–Kier alpha value is -3.94. The molecule has 0 bridgehead atoms. The first-order chi connectivity index (χ1) is 17.8. The van der Waals surface area contributed by atoms with E-state index in [1.54, 1.807) is 34.3 Å². The van der Waals surface area contributed by atoms with Crippen LogP contribution in [0, 0.1) is 17.2 Å². The summed E-state index contributed by atoms with van der Waals surface area (Å²) < 4.78 is 44.9. The first-order valence-corrected chi connectivity index (χ1v) is 12.2. The molecule has 2 aromatic heterocycles. The zero-order valence-electron chi connectivity index (χ0n) is 19.9. The Morgan fingerprint density at radius 2 is 1.68 bits per heavy atom. The largest absolute Gasteiger partial charge is 0.416 e. The average Bonchev–Trinajstić information content (AvgIpc) is 3.43. The zero-order valence-corrected chi connectivity index (χ0v) is 19.9. The topological polar surface area (TPSA) is 99.2 Å². The molecule has 3 aromatic rings. The van der Waals surface area contributed by atoms with Crippen molar-refractivity contribution in [1.29, 1.82) is 5.26 Å². The lowest BCUT2D eigenvalue weighted by Gasteiger charge is -2.40. The molecule has 5 rings (SSSR count). The van der Waals surface area contributed by atoms with Gasteiger partial charge in [-0.15, -0.1) is 0 Å². The van der Waals surface area contributed by atoms with Crippen molar-refractivity contribution in [3.8, 4) is 17.5 Å². The molecule has 2 aliphatic heterocycles. The van der Waals surface area contributed by atoms with Gasteiger partial charge >= 0.3 is 12.2 Å². The summed E-state index contributed by atoms with van der Waals surface area (Å²) in [6, 6.07) is 10.8. The molecular formula is C26H25F3N6O2. The number of hydrogen-bond acceptors (Lipinski definition) is 6. The standard InChI is InChI=1S/C26H25F3N6O2/c27-26(28,29)22-3-1-18(2-4-22)20-13-21(24-32-23(33-37-24)19-5-9-31-10-6-19)16-35(15-20)25(36)34-11-7-17(14-30)8-12-34/h1-6,9-10,17,20-21H,7-8,11-13,15-16H2. The van der Waals surface area contributed by atoms with Gasteiger partial charge in [0, 0.05) is 56.0 Å². The van der Waals surface area contributed by atoms with E-state index in [1.165, 1.54) is 12.1 Å². The second-order valence-corrected chi connectivity index (χ2v) is 9.52. The Morgan fingerprint density at radius 1 is 1.00 bits per heavy atom.